The maximum atomic E-state index is 13.9. The van der Waals surface area contributed by atoms with Gasteiger partial charge in [-0.05, 0) is 24.5 Å². The van der Waals surface area contributed by atoms with Crippen LogP contribution in [-0.2, 0) is 6.42 Å². The smallest absolute Gasteiger partial charge is 0.373 e. The molecule has 0 aliphatic carbocycles. The summed E-state index contributed by atoms with van der Waals surface area (Å²) < 4.78 is 19.1. The Morgan fingerprint density at radius 1 is 1.50 bits per heavy atom. The highest BCUT2D eigenvalue weighted by Gasteiger charge is 2.23. The minimum absolute atomic E-state index is 0.0509. The lowest BCUT2D eigenvalue weighted by Gasteiger charge is -2.00. The lowest BCUT2D eigenvalue weighted by Crippen LogP contribution is -2.03. The van der Waals surface area contributed by atoms with Gasteiger partial charge in [-0.2, -0.15) is 0 Å². The molecular weight excluding hydrogens is 285 g/mol. The van der Waals surface area contributed by atoms with Crippen LogP contribution in [0.4, 0.5) is 4.39 Å². The van der Waals surface area contributed by atoms with Crippen LogP contribution in [0.2, 0.25) is 5.02 Å². The van der Waals surface area contributed by atoms with E-state index in [9.17, 15) is 9.18 Å². The number of carboxylic acid groups (broad SMARTS) is 1. The van der Waals surface area contributed by atoms with Gasteiger partial charge in [0, 0.05) is 0 Å². The molecule has 0 bridgehead atoms. The SMILES string of the molecule is CC(C)Cc1nc(-c2cccc(Cl)c2F)oc1C(=O)O. The van der Waals surface area contributed by atoms with Crippen LogP contribution in [0.1, 0.15) is 30.1 Å². The third-order valence-electron chi connectivity index (χ3n) is 2.68. The van der Waals surface area contributed by atoms with E-state index >= 15 is 0 Å². The zero-order chi connectivity index (χ0) is 14.9. The summed E-state index contributed by atoms with van der Waals surface area (Å²) in [5.74, 6) is -2.02. The first kappa shape index (κ1) is 14.5. The predicted octanol–water partition coefficient (Wildman–Crippen LogP) is 4.03. The van der Waals surface area contributed by atoms with Crippen molar-refractivity contribution < 1.29 is 18.7 Å². The third-order valence-corrected chi connectivity index (χ3v) is 2.97. The molecule has 1 aromatic carbocycles. The van der Waals surface area contributed by atoms with Crippen molar-refractivity contribution in [1.82, 2.24) is 4.98 Å². The van der Waals surface area contributed by atoms with Crippen LogP contribution >= 0.6 is 11.6 Å². The van der Waals surface area contributed by atoms with Gasteiger partial charge >= 0.3 is 5.97 Å². The van der Waals surface area contributed by atoms with Crippen molar-refractivity contribution in [3.8, 4) is 11.5 Å². The summed E-state index contributed by atoms with van der Waals surface area (Å²) in [6, 6.07) is 4.39. The Hall–Kier alpha value is -1.88. The standard InChI is InChI=1S/C14H13ClFNO3/c1-7(2)6-10-12(14(18)19)20-13(17-10)8-4-3-5-9(15)11(8)16/h3-5,7H,6H2,1-2H3,(H,18,19). The molecular formula is C14H13ClFNO3. The fourth-order valence-corrected chi connectivity index (χ4v) is 2.00. The number of aromatic nitrogens is 1. The minimum atomic E-state index is -1.22. The summed E-state index contributed by atoms with van der Waals surface area (Å²) in [4.78, 5) is 15.2. The molecule has 1 heterocycles. The van der Waals surface area contributed by atoms with Gasteiger partial charge in [0.2, 0.25) is 11.7 Å². The van der Waals surface area contributed by atoms with Gasteiger partial charge in [0.1, 0.15) is 0 Å². The predicted molar refractivity (Wildman–Crippen MR) is 72.4 cm³/mol. The van der Waals surface area contributed by atoms with Gasteiger partial charge < -0.3 is 9.52 Å². The van der Waals surface area contributed by atoms with Crippen molar-refractivity contribution in [2.45, 2.75) is 20.3 Å². The van der Waals surface area contributed by atoms with E-state index in [-0.39, 0.29) is 28.2 Å². The zero-order valence-corrected chi connectivity index (χ0v) is 11.7. The summed E-state index contributed by atoms with van der Waals surface area (Å²) in [6.45, 7) is 3.86. The second-order valence-corrected chi connectivity index (χ2v) is 5.21. The number of aromatic carboxylic acids is 1. The van der Waals surface area contributed by atoms with Crippen molar-refractivity contribution in [3.63, 3.8) is 0 Å². The molecule has 0 atom stereocenters. The number of nitrogens with zero attached hydrogens (tertiary/aromatic N) is 1. The quantitative estimate of drug-likeness (QED) is 0.925. The summed E-state index contributed by atoms with van der Waals surface area (Å²) in [5.41, 5.74) is 0.358. The van der Waals surface area contributed by atoms with Crippen molar-refractivity contribution in [2.75, 3.05) is 0 Å². The number of hydrogen-bond acceptors (Lipinski definition) is 3. The van der Waals surface area contributed by atoms with Crippen LogP contribution in [0.15, 0.2) is 22.6 Å². The maximum absolute atomic E-state index is 13.9. The van der Waals surface area contributed by atoms with Crippen LogP contribution in [0.25, 0.3) is 11.5 Å². The van der Waals surface area contributed by atoms with E-state index in [0.717, 1.165) is 0 Å². The number of halogens is 2. The second-order valence-electron chi connectivity index (χ2n) is 4.80. The zero-order valence-electron chi connectivity index (χ0n) is 11.0. The largest absolute Gasteiger partial charge is 0.475 e. The van der Waals surface area contributed by atoms with Crippen LogP contribution < -0.4 is 0 Å². The topological polar surface area (TPSA) is 63.3 Å². The molecule has 1 aromatic heterocycles. The van der Waals surface area contributed by atoms with E-state index in [4.69, 9.17) is 21.1 Å². The molecule has 0 spiro atoms. The van der Waals surface area contributed by atoms with Gasteiger partial charge in [0.25, 0.3) is 0 Å². The molecule has 0 aliphatic rings. The van der Waals surface area contributed by atoms with Crippen LogP contribution in [0.3, 0.4) is 0 Å². The second kappa shape index (κ2) is 5.63. The van der Waals surface area contributed by atoms with Gasteiger partial charge in [0.05, 0.1) is 16.3 Å². The highest BCUT2D eigenvalue weighted by atomic mass is 35.5. The number of rotatable bonds is 4. The molecule has 0 radical (unpaired) electrons. The number of carbonyl (C=O) groups is 1. The molecule has 6 heteroatoms. The van der Waals surface area contributed by atoms with E-state index in [2.05, 4.69) is 4.98 Å². The summed E-state index contributed by atoms with van der Waals surface area (Å²) in [6.07, 6.45) is 0.438. The summed E-state index contributed by atoms with van der Waals surface area (Å²) in [5, 5.41) is 9.04. The molecule has 0 saturated carbocycles. The first-order chi connectivity index (χ1) is 9.40. The third kappa shape index (κ3) is 2.82. The number of benzene rings is 1. The lowest BCUT2D eigenvalue weighted by atomic mass is 10.1. The highest BCUT2D eigenvalue weighted by molar-refractivity contribution is 6.31. The molecule has 0 amide bonds. The molecule has 1 N–H and O–H groups in total. The van der Waals surface area contributed by atoms with Crippen molar-refractivity contribution in [3.05, 3.63) is 40.5 Å². The molecule has 0 aliphatic heterocycles. The van der Waals surface area contributed by atoms with E-state index in [0.29, 0.717) is 12.1 Å². The van der Waals surface area contributed by atoms with Gasteiger partial charge in [-0.25, -0.2) is 14.2 Å². The molecule has 20 heavy (non-hydrogen) atoms. The molecule has 0 saturated heterocycles. The Morgan fingerprint density at radius 2 is 2.20 bits per heavy atom. The van der Waals surface area contributed by atoms with E-state index < -0.39 is 11.8 Å². The molecule has 2 aromatic rings. The molecule has 2 rings (SSSR count). The normalized spacial score (nSPS) is 11.1. The molecule has 0 fully saturated rings. The van der Waals surface area contributed by atoms with Gasteiger partial charge in [0.15, 0.2) is 5.82 Å². The van der Waals surface area contributed by atoms with E-state index in [1.807, 2.05) is 13.8 Å². The van der Waals surface area contributed by atoms with Crippen molar-refractivity contribution in [2.24, 2.45) is 5.92 Å². The van der Waals surface area contributed by atoms with E-state index in [1.54, 1.807) is 6.07 Å². The van der Waals surface area contributed by atoms with Crippen LogP contribution in [0.5, 0.6) is 0 Å². The minimum Gasteiger partial charge on any atom is -0.475 e. The summed E-state index contributed by atoms with van der Waals surface area (Å²) in [7, 11) is 0. The Bertz CT molecular complexity index is 652. The molecule has 106 valence electrons. The average Bonchev–Trinajstić information content (AvgIpc) is 2.75. The summed E-state index contributed by atoms with van der Waals surface area (Å²) >= 11 is 5.70. The monoisotopic (exact) mass is 297 g/mol. The molecule has 4 nitrogen and oxygen atoms in total. The van der Waals surface area contributed by atoms with Gasteiger partial charge in [-0.15, -0.1) is 0 Å². The van der Waals surface area contributed by atoms with E-state index in [1.165, 1.54) is 12.1 Å². The van der Waals surface area contributed by atoms with Gasteiger partial charge in [-0.1, -0.05) is 31.5 Å². The van der Waals surface area contributed by atoms with Crippen LogP contribution in [0, 0.1) is 11.7 Å². The van der Waals surface area contributed by atoms with Gasteiger partial charge in [-0.3, -0.25) is 0 Å². The lowest BCUT2D eigenvalue weighted by molar-refractivity contribution is 0.0661. The van der Waals surface area contributed by atoms with Crippen molar-refractivity contribution >= 4 is 17.6 Å². The number of oxazole rings is 1. The fraction of sp³-hybridized carbons (Fsp3) is 0.286. The Morgan fingerprint density at radius 3 is 2.80 bits per heavy atom. The fourth-order valence-electron chi connectivity index (χ4n) is 1.83. The highest BCUT2D eigenvalue weighted by Crippen LogP contribution is 2.29. The maximum Gasteiger partial charge on any atom is 0.373 e. The van der Waals surface area contributed by atoms with Crippen LogP contribution in [-0.4, -0.2) is 16.1 Å². The Kier molecular flexibility index (Phi) is 4.09. The average molecular weight is 298 g/mol. The Labute approximate surface area is 120 Å². The number of hydrogen-bond donors (Lipinski definition) is 1. The van der Waals surface area contributed by atoms with Crippen molar-refractivity contribution in [1.29, 1.82) is 0 Å². The Balaban J connectivity index is 2.53. The first-order valence-corrected chi connectivity index (χ1v) is 6.45. The first-order valence-electron chi connectivity index (χ1n) is 6.07. The number of carboxylic acids is 1. The molecule has 0 unspecified atom stereocenters.